The molecule has 0 atom stereocenters. The molecule has 0 spiro atoms. The van der Waals surface area contributed by atoms with E-state index in [1.54, 1.807) is 0 Å². The SMILES string of the molecule is CC(C)(C)c1nc(C(=O)Nc2ccc3c(c2)CCN3)n[nH]1. The first-order chi connectivity index (χ1) is 9.93. The Bertz CT molecular complexity index is 684. The molecule has 1 aromatic heterocycles. The lowest BCUT2D eigenvalue weighted by Crippen LogP contribution is -2.16. The van der Waals surface area contributed by atoms with Crippen molar-refractivity contribution in [1.82, 2.24) is 15.2 Å². The van der Waals surface area contributed by atoms with Crippen molar-refractivity contribution < 1.29 is 4.79 Å². The van der Waals surface area contributed by atoms with Crippen molar-refractivity contribution in [1.29, 1.82) is 0 Å². The lowest BCUT2D eigenvalue weighted by molar-refractivity contribution is 0.101. The highest BCUT2D eigenvalue weighted by Crippen LogP contribution is 2.25. The fourth-order valence-corrected chi connectivity index (χ4v) is 2.27. The Morgan fingerprint density at radius 2 is 2.14 bits per heavy atom. The van der Waals surface area contributed by atoms with E-state index < -0.39 is 0 Å². The fourth-order valence-electron chi connectivity index (χ4n) is 2.27. The molecule has 6 nitrogen and oxygen atoms in total. The van der Waals surface area contributed by atoms with Gasteiger partial charge in [-0.25, -0.2) is 4.98 Å². The standard InChI is InChI=1S/C15H19N5O/c1-15(2,3)14-18-12(19-20-14)13(21)17-10-4-5-11-9(8-10)6-7-16-11/h4-5,8,16H,6-7H2,1-3H3,(H,17,21)(H,18,19,20). The van der Waals surface area contributed by atoms with E-state index in [-0.39, 0.29) is 17.1 Å². The molecule has 1 aromatic carbocycles. The summed E-state index contributed by atoms with van der Waals surface area (Å²) in [5.74, 6) is 0.567. The number of amides is 1. The first-order valence-electron chi connectivity index (χ1n) is 7.04. The summed E-state index contributed by atoms with van der Waals surface area (Å²) in [4.78, 5) is 16.4. The second-order valence-corrected chi connectivity index (χ2v) is 6.26. The Labute approximate surface area is 123 Å². The van der Waals surface area contributed by atoms with Crippen LogP contribution in [0.5, 0.6) is 0 Å². The van der Waals surface area contributed by atoms with Gasteiger partial charge in [-0.3, -0.25) is 9.89 Å². The largest absolute Gasteiger partial charge is 0.384 e. The Balaban J connectivity index is 1.76. The van der Waals surface area contributed by atoms with Crippen LogP contribution in [-0.4, -0.2) is 27.6 Å². The average molecular weight is 285 g/mol. The van der Waals surface area contributed by atoms with Crippen LogP contribution in [0.2, 0.25) is 0 Å². The van der Waals surface area contributed by atoms with Gasteiger partial charge in [0.2, 0.25) is 5.82 Å². The molecule has 2 heterocycles. The first kappa shape index (κ1) is 13.6. The number of nitrogens with zero attached hydrogens (tertiary/aromatic N) is 2. The number of aromatic amines is 1. The smallest absolute Gasteiger partial charge is 0.295 e. The van der Waals surface area contributed by atoms with Crippen molar-refractivity contribution in [3.8, 4) is 0 Å². The molecule has 0 aliphatic carbocycles. The molecule has 3 rings (SSSR count). The van der Waals surface area contributed by atoms with Gasteiger partial charge < -0.3 is 10.6 Å². The second-order valence-electron chi connectivity index (χ2n) is 6.26. The molecular weight excluding hydrogens is 266 g/mol. The molecule has 0 bridgehead atoms. The summed E-state index contributed by atoms with van der Waals surface area (Å²) in [5, 5.41) is 12.9. The number of carbonyl (C=O) groups excluding carboxylic acids is 1. The monoisotopic (exact) mass is 285 g/mol. The number of fused-ring (bicyclic) bond motifs is 1. The van der Waals surface area contributed by atoms with Gasteiger partial charge in [0.05, 0.1) is 0 Å². The van der Waals surface area contributed by atoms with Gasteiger partial charge in [0.1, 0.15) is 5.82 Å². The highest BCUT2D eigenvalue weighted by molar-refractivity contribution is 6.01. The fraction of sp³-hybridized carbons (Fsp3) is 0.400. The number of hydrogen-bond acceptors (Lipinski definition) is 4. The van der Waals surface area contributed by atoms with Crippen molar-refractivity contribution in [2.75, 3.05) is 17.2 Å². The number of hydrogen-bond donors (Lipinski definition) is 3. The van der Waals surface area contributed by atoms with E-state index in [9.17, 15) is 4.79 Å². The first-order valence-corrected chi connectivity index (χ1v) is 7.04. The summed E-state index contributed by atoms with van der Waals surface area (Å²) in [5.41, 5.74) is 2.97. The highest BCUT2D eigenvalue weighted by atomic mass is 16.2. The Kier molecular flexibility index (Phi) is 3.16. The summed E-state index contributed by atoms with van der Waals surface area (Å²) >= 11 is 0. The normalized spacial score (nSPS) is 13.7. The third kappa shape index (κ3) is 2.74. The quantitative estimate of drug-likeness (QED) is 0.791. The maximum atomic E-state index is 12.2. The van der Waals surface area contributed by atoms with Crippen LogP contribution in [0.4, 0.5) is 11.4 Å². The predicted octanol–water partition coefficient (Wildman–Crippen LogP) is 2.32. The lowest BCUT2D eigenvalue weighted by Gasteiger charge is -2.12. The van der Waals surface area contributed by atoms with Crippen molar-refractivity contribution in [2.24, 2.45) is 0 Å². The number of rotatable bonds is 2. The number of aromatic nitrogens is 3. The minimum Gasteiger partial charge on any atom is -0.384 e. The molecule has 0 unspecified atom stereocenters. The zero-order chi connectivity index (χ0) is 15.0. The van der Waals surface area contributed by atoms with Crippen LogP contribution < -0.4 is 10.6 Å². The van der Waals surface area contributed by atoms with Gasteiger partial charge in [-0.1, -0.05) is 20.8 Å². The maximum Gasteiger partial charge on any atom is 0.295 e. The molecule has 0 radical (unpaired) electrons. The molecule has 1 aliphatic heterocycles. The van der Waals surface area contributed by atoms with Crippen LogP contribution in [0.15, 0.2) is 18.2 Å². The molecule has 1 amide bonds. The van der Waals surface area contributed by atoms with E-state index in [1.807, 2.05) is 39.0 Å². The molecule has 0 saturated carbocycles. The molecular formula is C15H19N5O. The number of anilines is 2. The number of benzene rings is 1. The van der Waals surface area contributed by atoms with E-state index in [1.165, 1.54) is 5.56 Å². The topological polar surface area (TPSA) is 82.7 Å². The van der Waals surface area contributed by atoms with Crippen molar-refractivity contribution in [3.63, 3.8) is 0 Å². The molecule has 21 heavy (non-hydrogen) atoms. The minimum absolute atomic E-state index is 0.162. The third-order valence-corrected chi connectivity index (χ3v) is 3.47. The second kappa shape index (κ2) is 4.87. The van der Waals surface area contributed by atoms with Crippen LogP contribution in [-0.2, 0) is 11.8 Å². The predicted molar refractivity (Wildman–Crippen MR) is 81.7 cm³/mol. The molecule has 1 aliphatic rings. The van der Waals surface area contributed by atoms with Crippen LogP contribution in [0.1, 0.15) is 42.8 Å². The average Bonchev–Trinajstić information content (AvgIpc) is 3.06. The Morgan fingerprint density at radius 1 is 1.33 bits per heavy atom. The number of nitrogens with one attached hydrogen (secondary N) is 3. The maximum absolute atomic E-state index is 12.2. The van der Waals surface area contributed by atoms with E-state index >= 15 is 0 Å². The van der Waals surface area contributed by atoms with Crippen molar-refractivity contribution in [3.05, 3.63) is 35.4 Å². The van der Waals surface area contributed by atoms with Crippen LogP contribution >= 0.6 is 0 Å². The summed E-state index contributed by atoms with van der Waals surface area (Å²) < 4.78 is 0. The molecule has 0 fully saturated rings. The zero-order valence-electron chi connectivity index (χ0n) is 12.4. The van der Waals surface area contributed by atoms with E-state index in [0.29, 0.717) is 5.82 Å². The van der Waals surface area contributed by atoms with Gasteiger partial charge in [-0.15, -0.1) is 5.10 Å². The molecule has 6 heteroatoms. The zero-order valence-corrected chi connectivity index (χ0v) is 12.4. The summed E-state index contributed by atoms with van der Waals surface area (Å²) in [7, 11) is 0. The van der Waals surface area contributed by atoms with E-state index in [2.05, 4.69) is 25.8 Å². The van der Waals surface area contributed by atoms with Crippen molar-refractivity contribution >= 4 is 17.3 Å². The van der Waals surface area contributed by atoms with Gasteiger partial charge in [0.15, 0.2) is 0 Å². The molecule has 0 saturated heterocycles. The van der Waals surface area contributed by atoms with Gasteiger partial charge in [0, 0.05) is 23.3 Å². The van der Waals surface area contributed by atoms with Gasteiger partial charge in [-0.05, 0) is 30.2 Å². The summed E-state index contributed by atoms with van der Waals surface area (Å²) in [6.07, 6.45) is 0.980. The van der Waals surface area contributed by atoms with E-state index in [0.717, 1.165) is 24.3 Å². The number of H-pyrrole nitrogens is 1. The molecule has 2 aromatic rings. The Morgan fingerprint density at radius 3 is 2.86 bits per heavy atom. The summed E-state index contributed by atoms with van der Waals surface area (Å²) in [6, 6.07) is 5.85. The van der Waals surface area contributed by atoms with Crippen LogP contribution in [0, 0.1) is 0 Å². The van der Waals surface area contributed by atoms with Crippen LogP contribution in [0.25, 0.3) is 0 Å². The van der Waals surface area contributed by atoms with Crippen LogP contribution in [0.3, 0.4) is 0 Å². The van der Waals surface area contributed by atoms with Gasteiger partial charge in [0.25, 0.3) is 5.91 Å². The molecule has 3 N–H and O–H groups in total. The highest BCUT2D eigenvalue weighted by Gasteiger charge is 2.21. The summed E-state index contributed by atoms with van der Waals surface area (Å²) in [6.45, 7) is 7.00. The number of carbonyl (C=O) groups is 1. The van der Waals surface area contributed by atoms with Gasteiger partial charge in [-0.2, -0.15) is 0 Å². The van der Waals surface area contributed by atoms with Gasteiger partial charge >= 0.3 is 0 Å². The molecule has 110 valence electrons. The van der Waals surface area contributed by atoms with Crippen molar-refractivity contribution in [2.45, 2.75) is 32.6 Å². The minimum atomic E-state index is -0.298. The Hall–Kier alpha value is -2.37. The van der Waals surface area contributed by atoms with E-state index in [4.69, 9.17) is 0 Å². The third-order valence-electron chi connectivity index (χ3n) is 3.47. The lowest BCUT2D eigenvalue weighted by atomic mass is 9.96.